The van der Waals surface area contributed by atoms with E-state index in [-0.39, 0.29) is 5.91 Å². The summed E-state index contributed by atoms with van der Waals surface area (Å²) in [6.07, 6.45) is 0. The topological polar surface area (TPSA) is 64.1 Å². The maximum Gasteiger partial charge on any atom is 0.257 e. The van der Waals surface area contributed by atoms with Crippen molar-refractivity contribution in [3.05, 3.63) is 58.6 Å². The van der Waals surface area contributed by atoms with E-state index in [0.29, 0.717) is 22.3 Å². The van der Waals surface area contributed by atoms with Gasteiger partial charge in [-0.25, -0.2) is 0 Å². The van der Waals surface area contributed by atoms with Crippen LogP contribution in [0.2, 0.25) is 5.02 Å². The molecule has 0 bridgehead atoms. The smallest absolute Gasteiger partial charge is 0.257 e. The number of carbonyl (C=O) groups is 1. The van der Waals surface area contributed by atoms with Crippen molar-refractivity contribution in [2.24, 2.45) is 0 Å². The zero-order chi connectivity index (χ0) is 17.8. The summed E-state index contributed by atoms with van der Waals surface area (Å²) in [6.45, 7) is 4.42. The zero-order valence-electron chi connectivity index (χ0n) is 13.7. The molecule has 2 aromatic carbocycles. The fourth-order valence-corrected chi connectivity index (χ4v) is 3.13. The predicted octanol–water partition coefficient (Wildman–Crippen LogP) is 4.82. The van der Waals surface area contributed by atoms with Gasteiger partial charge in [-0.2, -0.15) is 0 Å². The first-order valence-electron chi connectivity index (χ1n) is 7.71. The van der Waals surface area contributed by atoms with Gasteiger partial charge in [-0.05, 0) is 49.7 Å². The third-order valence-electron chi connectivity index (χ3n) is 3.47. The van der Waals surface area contributed by atoms with Gasteiger partial charge in [0.05, 0.1) is 6.61 Å². The van der Waals surface area contributed by atoms with E-state index in [1.54, 1.807) is 30.3 Å². The van der Waals surface area contributed by atoms with E-state index >= 15 is 0 Å². The summed E-state index contributed by atoms with van der Waals surface area (Å²) in [5.74, 6) is 0.546. The Hall–Kier alpha value is -2.44. The molecule has 1 amide bonds. The Kier molecular flexibility index (Phi) is 5.31. The van der Waals surface area contributed by atoms with E-state index < -0.39 is 0 Å². The van der Waals surface area contributed by atoms with Gasteiger partial charge in [0.2, 0.25) is 5.13 Å². The lowest BCUT2D eigenvalue weighted by atomic mass is 10.1. The van der Waals surface area contributed by atoms with Crippen LogP contribution in [0.5, 0.6) is 5.75 Å². The highest BCUT2D eigenvalue weighted by Crippen LogP contribution is 2.28. The molecule has 7 heteroatoms. The van der Waals surface area contributed by atoms with Gasteiger partial charge < -0.3 is 4.74 Å². The molecule has 0 aliphatic heterocycles. The van der Waals surface area contributed by atoms with Crippen LogP contribution in [0, 0.1) is 6.92 Å². The third-order valence-corrected chi connectivity index (χ3v) is 4.61. The molecule has 5 nitrogen and oxygen atoms in total. The molecule has 25 heavy (non-hydrogen) atoms. The van der Waals surface area contributed by atoms with Crippen LogP contribution in [-0.2, 0) is 0 Å². The minimum atomic E-state index is -0.232. The van der Waals surface area contributed by atoms with E-state index in [2.05, 4.69) is 15.5 Å². The minimum Gasteiger partial charge on any atom is -0.494 e. The van der Waals surface area contributed by atoms with Crippen molar-refractivity contribution in [2.45, 2.75) is 13.8 Å². The molecule has 0 saturated heterocycles. The first-order chi connectivity index (χ1) is 12.1. The Morgan fingerprint density at radius 1 is 1.20 bits per heavy atom. The van der Waals surface area contributed by atoms with E-state index in [1.807, 2.05) is 26.0 Å². The van der Waals surface area contributed by atoms with Crippen LogP contribution in [0.1, 0.15) is 22.8 Å². The molecule has 128 valence electrons. The lowest BCUT2D eigenvalue weighted by molar-refractivity contribution is 0.102. The SMILES string of the molecule is CCOc1ccc(C(=O)Nc2nnc(-c3ccc(Cl)cc3)s2)cc1C. The van der Waals surface area contributed by atoms with E-state index in [1.165, 1.54) is 11.3 Å². The number of hydrogen-bond acceptors (Lipinski definition) is 5. The van der Waals surface area contributed by atoms with Gasteiger partial charge in [0.15, 0.2) is 0 Å². The minimum absolute atomic E-state index is 0.232. The molecule has 0 saturated carbocycles. The summed E-state index contributed by atoms with van der Waals surface area (Å²) in [7, 11) is 0. The number of aryl methyl sites for hydroxylation is 1. The van der Waals surface area contributed by atoms with Crippen LogP contribution in [0.3, 0.4) is 0 Å². The molecule has 0 radical (unpaired) electrons. The van der Waals surface area contributed by atoms with Gasteiger partial charge in [-0.1, -0.05) is 35.1 Å². The van der Waals surface area contributed by atoms with Crippen LogP contribution >= 0.6 is 22.9 Å². The lowest BCUT2D eigenvalue weighted by Crippen LogP contribution is -2.12. The summed E-state index contributed by atoms with van der Waals surface area (Å²) in [4.78, 5) is 12.4. The molecule has 1 N–H and O–H groups in total. The number of aromatic nitrogens is 2. The Balaban J connectivity index is 1.73. The predicted molar refractivity (Wildman–Crippen MR) is 101 cm³/mol. The lowest BCUT2D eigenvalue weighted by Gasteiger charge is -2.08. The highest BCUT2D eigenvalue weighted by Gasteiger charge is 2.12. The molecular formula is C18H16ClN3O2S. The van der Waals surface area contributed by atoms with Crippen molar-refractivity contribution >= 4 is 34.0 Å². The second kappa shape index (κ2) is 7.63. The van der Waals surface area contributed by atoms with E-state index in [0.717, 1.165) is 21.9 Å². The van der Waals surface area contributed by atoms with Gasteiger partial charge in [0.25, 0.3) is 5.91 Å². The van der Waals surface area contributed by atoms with Gasteiger partial charge in [-0.3, -0.25) is 10.1 Å². The molecule has 0 aliphatic carbocycles. The summed E-state index contributed by atoms with van der Waals surface area (Å²) < 4.78 is 5.49. The van der Waals surface area contributed by atoms with Crippen molar-refractivity contribution in [3.63, 3.8) is 0 Å². The number of carbonyl (C=O) groups excluding carboxylic acids is 1. The Labute approximate surface area is 154 Å². The Morgan fingerprint density at radius 2 is 1.96 bits per heavy atom. The van der Waals surface area contributed by atoms with Crippen LogP contribution in [0.4, 0.5) is 5.13 Å². The van der Waals surface area contributed by atoms with Crippen LogP contribution in [0.25, 0.3) is 10.6 Å². The number of hydrogen-bond donors (Lipinski definition) is 1. The second-order valence-corrected chi connectivity index (χ2v) is 6.70. The summed E-state index contributed by atoms with van der Waals surface area (Å²) in [5, 5.41) is 12.7. The molecule has 3 aromatic rings. The number of rotatable bonds is 5. The molecule has 0 spiro atoms. The summed E-state index contributed by atoms with van der Waals surface area (Å²) in [5.41, 5.74) is 2.36. The van der Waals surface area contributed by atoms with Gasteiger partial charge in [0, 0.05) is 16.1 Å². The van der Waals surface area contributed by atoms with Crippen molar-refractivity contribution in [2.75, 3.05) is 11.9 Å². The first-order valence-corrected chi connectivity index (χ1v) is 8.90. The van der Waals surface area contributed by atoms with Crippen molar-refractivity contribution in [1.82, 2.24) is 10.2 Å². The van der Waals surface area contributed by atoms with E-state index in [9.17, 15) is 4.79 Å². The number of amides is 1. The molecule has 1 aromatic heterocycles. The first kappa shape index (κ1) is 17.4. The number of nitrogens with one attached hydrogen (secondary N) is 1. The average molecular weight is 374 g/mol. The van der Waals surface area contributed by atoms with Crippen molar-refractivity contribution < 1.29 is 9.53 Å². The molecule has 0 unspecified atom stereocenters. The second-order valence-electron chi connectivity index (χ2n) is 5.29. The Morgan fingerprint density at radius 3 is 2.64 bits per heavy atom. The summed E-state index contributed by atoms with van der Waals surface area (Å²) in [6, 6.07) is 12.6. The monoisotopic (exact) mass is 373 g/mol. The van der Waals surface area contributed by atoms with E-state index in [4.69, 9.17) is 16.3 Å². The highest BCUT2D eigenvalue weighted by molar-refractivity contribution is 7.18. The van der Waals surface area contributed by atoms with Gasteiger partial charge >= 0.3 is 0 Å². The van der Waals surface area contributed by atoms with Crippen LogP contribution < -0.4 is 10.1 Å². The molecule has 3 rings (SSSR count). The highest BCUT2D eigenvalue weighted by atomic mass is 35.5. The molecular weight excluding hydrogens is 358 g/mol. The largest absolute Gasteiger partial charge is 0.494 e. The van der Waals surface area contributed by atoms with Gasteiger partial charge in [-0.15, -0.1) is 10.2 Å². The molecule has 0 aliphatic rings. The molecule has 0 fully saturated rings. The standard InChI is InChI=1S/C18H16ClN3O2S/c1-3-24-15-9-6-13(10-11(15)2)16(23)20-18-22-21-17(25-18)12-4-7-14(19)8-5-12/h4-10H,3H2,1-2H3,(H,20,22,23). The summed E-state index contributed by atoms with van der Waals surface area (Å²) >= 11 is 7.19. The molecule has 0 atom stereocenters. The zero-order valence-corrected chi connectivity index (χ0v) is 15.3. The van der Waals surface area contributed by atoms with Gasteiger partial charge in [0.1, 0.15) is 10.8 Å². The van der Waals surface area contributed by atoms with Crippen molar-refractivity contribution in [1.29, 1.82) is 0 Å². The number of anilines is 1. The number of ether oxygens (including phenoxy) is 1. The fourth-order valence-electron chi connectivity index (χ4n) is 2.26. The Bertz CT molecular complexity index is 894. The fraction of sp³-hybridized carbons (Fsp3) is 0.167. The maximum absolute atomic E-state index is 12.4. The number of benzene rings is 2. The van der Waals surface area contributed by atoms with Crippen LogP contribution in [-0.4, -0.2) is 22.7 Å². The van der Waals surface area contributed by atoms with Crippen LogP contribution in [0.15, 0.2) is 42.5 Å². The average Bonchev–Trinajstić information content (AvgIpc) is 3.06. The van der Waals surface area contributed by atoms with Crippen molar-refractivity contribution in [3.8, 4) is 16.3 Å². The third kappa shape index (κ3) is 4.15. The number of nitrogens with zero attached hydrogens (tertiary/aromatic N) is 2. The molecule has 1 heterocycles. The maximum atomic E-state index is 12.4. The quantitative estimate of drug-likeness (QED) is 0.696. The number of halogens is 1. The normalized spacial score (nSPS) is 10.5.